The van der Waals surface area contributed by atoms with Gasteiger partial charge in [0.25, 0.3) is 0 Å². The van der Waals surface area contributed by atoms with Crippen LogP contribution >= 0.6 is 0 Å². The Bertz CT molecular complexity index is 629. The van der Waals surface area contributed by atoms with Gasteiger partial charge in [-0.25, -0.2) is 4.98 Å². The number of likely N-dealkylation sites (N-methyl/N-ethyl adjacent to an activating group) is 1. The van der Waals surface area contributed by atoms with Crippen molar-refractivity contribution in [1.29, 1.82) is 0 Å². The first-order valence-electron chi connectivity index (χ1n) is 8.99. The standard InChI is InChI=1S/C20H29N3O/c1-17-8-10-20(24,11-9-17)16-22(2)15-19-21-12-13-23(19)14-18-6-4-3-5-7-18/h3-7,12-13,17,24H,8-11,14-16H2,1-2H3. The molecule has 1 aliphatic rings. The Morgan fingerprint density at radius 1 is 1.25 bits per heavy atom. The van der Waals surface area contributed by atoms with Gasteiger partial charge < -0.3 is 9.67 Å². The normalized spacial score (nSPS) is 24.4. The van der Waals surface area contributed by atoms with E-state index in [1.54, 1.807) is 0 Å². The lowest BCUT2D eigenvalue weighted by Gasteiger charge is -2.37. The second-order valence-corrected chi connectivity index (χ2v) is 7.54. The summed E-state index contributed by atoms with van der Waals surface area (Å²) < 4.78 is 2.19. The molecule has 2 aromatic rings. The number of hydrogen-bond donors (Lipinski definition) is 1. The summed E-state index contributed by atoms with van der Waals surface area (Å²) in [6.07, 6.45) is 7.99. The van der Waals surface area contributed by atoms with Crippen molar-refractivity contribution in [3.8, 4) is 0 Å². The van der Waals surface area contributed by atoms with E-state index in [4.69, 9.17) is 0 Å². The van der Waals surface area contributed by atoms with Crippen molar-refractivity contribution < 1.29 is 5.11 Å². The van der Waals surface area contributed by atoms with Crippen LogP contribution in [0.5, 0.6) is 0 Å². The first-order valence-corrected chi connectivity index (χ1v) is 8.99. The zero-order valence-electron chi connectivity index (χ0n) is 14.9. The summed E-state index contributed by atoms with van der Waals surface area (Å²) in [5, 5.41) is 10.8. The number of aromatic nitrogens is 2. The summed E-state index contributed by atoms with van der Waals surface area (Å²) in [5.74, 6) is 1.80. The molecule has 1 aliphatic carbocycles. The van der Waals surface area contributed by atoms with Crippen LogP contribution in [0.25, 0.3) is 0 Å². The van der Waals surface area contributed by atoms with E-state index in [2.05, 4.69) is 52.7 Å². The van der Waals surface area contributed by atoms with Gasteiger partial charge >= 0.3 is 0 Å². The van der Waals surface area contributed by atoms with E-state index in [0.29, 0.717) is 0 Å². The molecular weight excluding hydrogens is 298 g/mol. The molecule has 1 N–H and O–H groups in total. The minimum Gasteiger partial charge on any atom is -0.389 e. The van der Waals surface area contributed by atoms with Crippen LogP contribution in [0.2, 0.25) is 0 Å². The molecule has 0 atom stereocenters. The Morgan fingerprint density at radius 2 is 1.96 bits per heavy atom. The molecule has 0 unspecified atom stereocenters. The van der Waals surface area contributed by atoms with Crippen LogP contribution in [0.15, 0.2) is 42.7 Å². The van der Waals surface area contributed by atoms with E-state index in [0.717, 1.165) is 57.1 Å². The maximum atomic E-state index is 10.8. The van der Waals surface area contributed by atoms with Crippen LogP contribution < -0.4 is 0 Å². The molecule has 4 nitrogen and oxygen atoms in total. The molecule has 0 radical (unpaired) electrons. The van der Waals surface area contributed by atoms with Crippen LogP contribution in [0.4, 0.5) is 0 Å². The molecule has 1 aromatic heterocycles. The average Bonchev–Trinajstić information content (AvgIpc) is 2.98. The fraction of sp³-hybridized carbons (Fsp3) is 0.550. The smallest absolute Gasteiger partial charge is 0.123 e. The molecule has 0 amide bonds. The Hall–Kier alpha value is -1.65. The predicted molar refractivity (Wildman–Crippen MR) is 96.7 cm³/mol. The van der Waals surface area contributed by atoms with Gasteiger partial charge in [0.1, 0.15) is 5.82 Å². The lowest BCUT2D eigenvalue weighted by atomic mass is 9.79. The fourth-order valence-electron chi connectivity index (χ4n) is 3.67. The summed E-state index contributed by atoms with van der Waals surface area (Å²) >= 11 is 0. The highest BCUT2D eigenvalue weighted by atomic mass is 16.3. The van der Waals surface area contributed by atoms with Crippen LogP contribution in [0.3, 0.4) is 0 Å². The molecule has 0 bridgehead atoms. The van der Waals surface area contributed by atoms with Crippen molar-refractivity contribution >= 4 is 0 Å². The molecule has 4 heteroatoms. The zero-order valence-corrected chi connectivity index (χ0v) is 14.9. The SMILES string of the molecule is CC1CCC(O)(CN(C)Cc2nccn2Cc2ccccc2)CC1. The van der Waals surface area contributed by atoms with E-state index in [9.17, 15) is 5.11 Å². The van der Waals surface area contributed by atoms with Crippen molar-refractivity contribution in [3.05, 3.63) is 54.1 Å². The largest absolute Gasteiger partial charge is 0.389 e. The van der Waals surface area contributed by atoms with Gasteiger partial charge in [-0.2, -0.15) is 0 Å². The third-order valence-corrected chi connectivity index (χ3v) is 5.18. The predicted octanol–water partition coefficient (Wildman–Crippen LogP) is 3.30. The lowest BCUT2D eigenvalue weighted by molar-refractivity contribution is -0.0320. The maximum absolute atomic E-state index is 10.8. The summed E-state index contributed by atoms with van der Waals surface area (Å²) in [5.41, 5.74) is 0.747. The first kappa shape index (κ1) is 17.2. The van der Waals surface area contributed by atoms with Gasteiger partial charge in [-0.05, 0) is 44.2 Å². The Kier molecular flexibility index (Phi) is 5.36. The maximum Gasteiger partial charge on any atom is 0.123 e. The second kappa shape index (κ2) is 7.49. The Balaban J connectivity index is 1.59. The van der Waals surface area contributed by atoms with Crippen LogP contribution in [0.1, 0.15) is 44.0 Å². The highest BCUT2D eigenvalue weighted by molar-refractivity contribution is 5.15. The summed E-state index contributed by atoms with van der Waals surface area (Å²) in [6.45, 7) is 4.60. The van der Waals surface area contributed by atoms with Crippen LogP contribution in [0, 0.1) is 5.92 Å². The van der Waals surface area contributed by atoms with E-state index in [1.165, 1.54) is 5.56 Å². The van der Waals surface area contributed by atoms with Gasteiger partial charge in [0, 0.05) is 25.5 Å². The molecule has 130 valence electrons. The number of nitrogens with zero attached hydrogens (tertiary/aromatic N) is 3. The van der Waals surface area contributed by atoms with Crippen molar-refractivity contribution in [2.45, 2.75) is 51.3 Å². The van der Waals surface area contributed by atoms with Gasteiger partial charge in [-0.15, -0.1) is 0 Å². The van der Waals surface area contributed by atoms with Gasteiger partial charge in [0.15, 0.2) is 0 Å². The Morgan fingerprint density at radius 3 is 2.67 bits per heavy atom. The number of imidazole rings is 1. The molecule has 1 heterocycles. The van der Waals surface area contributed by atoms with E-state index in [1.807, 2.05) is 18.5 Å². The molecule has 0 saturated heterocycles. The highest BCUT2D eigenvalue weighted by Crippen LogP contribution is 2.32. The summed E-state index contributed by atoms with van der Waals surface area (Å²) in [7, 11) is 2.08. The van der Waals surface area contributed by atoms with Gasteiger partial charge in [-0.1, -0.05) is 37.3 Å². The summed E-state index contributed by atoms with van der Waals surface area (Å²) in [4.78, 5) is 6.73. The average molecular weight is 327 g/mol. The molecule has 1 aromatic carbocycles. The van der Waals surface area contributed by atoms with Crippen LogP contribution in [-0.2, 0) is 13.1 Å². The monoisotopic (exact) mass is 327 g/mol. The van der Waals surface area contributed by atoms with Crippen molar-refractivity contribution in [3.63, 3.8) is 0 Å². The molecule has 1 fully saturated rings. The van der Waals surface area contributed by atoms with E-state index < -0.39 is 5.60 Å². The minimum atomic E-state index is -0.530. The van der Waals surface area contributed by atoms with Crippen LogP contribution in [-0.4, -0.2) is 38.8 Å². The number of hydrogen-bond acceptors (Lipinski definition) is 3. The van der Waals surface area contributed by atoms with E-state index >= 15 is 0 Å². The molecule has 1 saturated carbocycles. The zero-order chi connectivity index (χ0) is 17.0. The highest BCUT2D eigenvalue weighted by Gasteiger charge is 2.32. The number of benzene rings is 1. The minimum absolute atomic E-state index is 0.530. The van der Waals surface area contributed by atoms with Crippen molar-refractivity contribution in [2.75, 3.05) is 13.6 Å². The van der Waals surface area contributed by atoms with Crippen molar-refractivity contribution in [2.24, 2.45) is 5.92 Å². The topological polar surface area (TPSA) is 41.3 Å². The molecule has 24 heavy (non-hydrogen) atoms. The third-order valence-electron chi connectivity index (χ3n) is 5.18. The van der Waals surface area contributed by atoms with Crippen molar-refractivity contribution in [1.82, 2.24) is 14.5 Å². The van der Waals surface area contributed by atoms with Gasteiger partial charge in [0.2, 0.25) is 0 Å². The quantitative estimate of drug-likeness (QED) is 0.885. The number of rotatable bonds is 6. The third kappa shape index (κ3) is 4.46. The number of aliphatic hydroxyl groups is 1. The Labute approximate surface area is 145 Å². The van der Waals surface area contributed by atoms with Gasteiger partial charge in [-0.3, -0.25) is 4.90 Å². The van der Waals surface area contributed by atoms with E-state index in [-0.39, 0.29) is 0 Å². The molecule has 3 rings (SSSR count). The lowest BCUT2D eigenvalue weighted by Crippen LogP contribution is -2.44. The van der Waals surface area contributed by atoms with Gasteiger partial charge in [0.05, 0.1) is 12.1 Å². The fourth-order valence-corrected chi connectivity index (χ4v) is 3.67. The summed E-state index contributed by atoms with van der Waals surface area (Å²) in [6, 6.07) is 10.5. The molecule has 0 spiro atoms. The second-order valence-electron chi connectivity index (χ2n) is 7.54. The molecule has 0 aliphatic heterocycles. The first-order chi connectivity index (χ1) is 11.5. The molecular formula is C20H29N3O.